The highest BCUT2D eigenvalue weighted by atomic mass is 16.5. The SMILES string of the molecule is O=C(O)CN1CCC[C@@H](CNC(=O)OCc2ccccc2)C1. The molecule has 0 bridgehead atoms. The summed E-state index contributed by atoms with van der Waals surface area (Å²) in [7, 11) is 0. The molecule has 1 amide bonds. The number of amides is 1. The van der Waals surface area contributed by atoms with Gasteiger partial charge in [0.05, 0.1) is 6.54 Å². The highest BCUT2D eigenvalue weighted by Crippen LogP contribution is 2.15. The van der Waals surface area contributed by atoms with Gasteiger partial charge in [-0.05, 0) is 30.9 Å². The van der Waals surface area contributed by atoms with Gasteiger partial charge in [-0.15, -0.1) is 0 Å². The Kier molecular flexibility index (Phi) is 6.21. The number of nitrogens with one attached hydrogen (secondary N) is 1. The van der Waals surface area contributed by atoms with E-state index in [4.69, 9.17) is 9.84 Å². The Hall–Kier alpha value is -2.08. The zero-order valence-electron chi connectivity index (χ0n) is 12.5. The van der Waals surface area contributed by atoms with Crippen LogP contribution in [0.5, 0.6) is 0 Å². The van der Waals surface area contributed by atoms with Crippen LogP contribution in [0.4, 0.5) is 4.79 Å². The zero-order chi connectivity index (χ0) is 15.8. The number of benzene rings is 1. The van der Waals surface area contributed by atoms with Crippen LogP contribution in [0.2, 0.25) is 0 Å². The molecule has 1 atom stereocenters. The van der Waals surface area contributed by atoms with E-state index in [1.807, 2.05) is 35.2 Å². The van der Waals surface area contributed by atoms with E-state index in [0.717, 1.165) is 24.9 Å². The van der Waals surface area contributed by atoms with E-state index in [-0.39, 0.29) is 19.1 Å². The predicted octanol–water partition coefficient (Wildman–Crippen LogP) is 1.71. The van der Waals surface area contributed by atoms with Gasteiger partial charge in [-0.2, -0.15) is 0 Å². The quantitative estimate of drug-likeness (QED) is 0.836. The number of hydrogen-bond acceptors (Lipinski definition) is 4. The molecule has 0 unspecified atom stereocenters. The van der Waals surface area contributed by atoms with Crippen LogP contribution >= 0.6 is 0 Å². The van der Waals surface area contributed by atoms with Crippen LogP contribution in [0.25, 0.3) is 0 Å². The first-order valence-corrected chi connectivity index (χ1v) is 7.52. The van der Waals surface area contributed by atoms with E-state index in [1.165, 1.54) is 0 Å². The van der Waals surface area contributed by atoms with Crippen LogP contribution in [0, 0.1) is 5.92 Å². The normalized spacial score (nSPS) is 18.6. The molecule has 0 spiro atoms. The van der Waals surface area contributed by atoms with Gasteiger partial charge in [-0.3, -0.25) is 9.69 Å². The van der Waals surface area contributed by atoms with Crippen molar-refractivity contribution < 1.29 is 19.4 Å². The summed E-state index contributed by atoms with van der Waals surface area (Å²) in [6.07, 6.45) is 1.52. The van der Waals surface area contributed by atoms with Crippen LogP contribution in [0.3, 0.4) is 0 Å². The number of aliphatic carboxylic acids is 1. The van der Waals surface area contributed by atoms with Crippen molar-refractivity contribution in [3.63, 3.8) is 0 Å². The first-order valence-electron chi connectivity index (χ1n) is 7.52. The lowest BCUT2D eigenvalue weighted by Gasteiger charge is -2.31. The van der Waals surface area contributed by atoms with Gasteiger partial charge in [-0.25, -0.2) is 4.79 Å². The maximum absolute atomic E-state index is 11.7. The molecule has 1 fully saturated rings. The third-order valence-electron chi connectivity index (χ3n) is 3.71. The average molecular weight is 306 g/mol. The molecule has 0 radical (unpaired) electrons. The van der Waals surface area contributed by atoms with Gasteiger partial charge in [0.25, 0.3) is 0 Å². The lowest BCUT2D eigenvalue weighted by atomic mass is 9.98. The lowest BCUT2D eigenvalue weighted by Crippen LogP contribution is -2.42. The van der Waals surface area contributed by atoms with Gasteiger partial charge in [0, 0.05) is 13.1 Å². The maximum Gasteiger partial charge on any atom is 0.407 e. The summed E-state index contributed by atoms with van der Waals surface area (Å²) in [5, 5.41) is 11.6. The Morgan fingerprint density at radius 2 is 2.09 bits per heavy atom. The van der Waals surface area contributed by atoms with Crippen molar-refractivity contribution in [1.29, 1.82) is 0 Å². The third kappa shape index (κ3) is 5.73. The number of carbonyl (C=O) groups excluding carboxylic acids is 1. The summed E-state index contributed by atoms with van der Waals surface area (Å²) >= 11 is 0. The van der Waals surface area contributed by atoms with Crippen molar-refractivity contribution >= 4 is 12.1 Å². The summed E-state index contributed by atoms with van der Waals surface area (Å²) in [6, 6.07) is 9.51. The molecule has 22 heavy (non-hydrogen) atoms. The summed E-state index contributed by atoms with van der Waals surface area (Å²) in [6.45, 7) is 2.34. The molecule has 0 aliphatic carbocycles. The number of ether oxygens (including phenoxy) is 1. The Labute approximate surface area is 130 Å². The number of hydrogen-bond donors (Lipinski definition) is 2. The second-order valence-corrected chi connectivity index (χ2v) is 5.58. The largest absolute Gasteiger partial charge is 0.480 e. The molecule has 1 aromatic carbocycles. The van der Waals surface area contributed by atoms with Crippen molar-refractivity contribution in [3.05, 3.63) is 35.9 Å². The fourth-order valence-electron chi connectivity index (χ4n) is 2.65. The molecule has 0 saturated carbocycles. The van der Waals surface area contributed by atoms with Crippen molar-refractivity contribution in [1.82, 2.24) is 10.2 Å². The molecule has 120 valence electrons. The topological polar surface area (TPSA) is 78.9 Å². The maximum atomic E-state index is 11.7. The van der Waals surface area contributed by atoms with E-state index >= 15 is 0 Å². The van der Waals surface area contributed by atoms with Gasteiger partial charge < -0.3 is 15.2 Å². The van der Waals surface area contributed by atoms with Crippen LogP contribution in [0.1, 0.15) is 18.4 Å². The first-order chi connectivity index (χ1) is 10.6. The van der Waals surface area contributed by atoms with E-state index in [9.17, 15) is 9.59 Å². The van der Waals surface area contributed by atoms with E-state index < -0.39 is 12.1 Å². The fraction of sp³-hybridized carbons (Fsp3) is 0.500. The number of likely N-dealkylation sites (tertiary alicyclic amines) is 1. The van der Waals surface area contributed by atoms with E-state index in [0.29, 0.717) is 13.1 Å². The smallest absolute Gasteiger partial charge is 0.407 e. The van der Waals surface area contributed by atoms with Gasteiger partial charge in [-0.1, -0.05) is 30.3 Å². The fourth-order valence-corrected chi connectivity index (χ4v) is 2.65. The minimum Gasteiger partial charge on any atom is -0.480 e. The molecule has 2 N–H and O–H groups in total. The molecule has 1 aliphatic rings. The van der Waals surface area contributed by atoms with Gasteiger partial charge in [0.15, 0.2) is 0 Å². The Balaban J connectivity index is 1.66. The second kappa shape index (κ2) is 8.38. The highest BCUT2D eigenvalue weighted by Gasteiger charge is 2.21. The lowest BCUT2D eigenvalue weighted by molar-refractivity contribution is -0.138. The Bertz CT molecular complexity index is 492. The minimum absolute atomic E-state index is 0.0644. The number of rotatable bonds is 6. The molecular weight excluding hydrogens is 284 g/mol. The Morgan fingerprint density at radius 1 is 1.32 bits per heavy atom. The molecule has 6 nitrogen and oxygen atoms in total. The molecule has 2 rings (SSSR count). The van der Waals surface area contributed by atoms with Crippen LogP contribution in [-0.2, 0) is 16.1 Å². The minimum atomic E-state index is -0.809. The van der Waals surface area contributed by atoms with E-state index in [1.54, 1.807) is 0 Å². The van der Waals surface area contributed by atoms with Crippen LogP contribution in [0.15, 0.2) is 30.3 Å². The molecule has 1 aromatic rings. The molecule has 1 saturated heterocycles. The van der Waals surface area contributed by atoms with Gasteiger partial charge >= 0.3 is 12.1 Å². The summed E-state index contributed by atoms with van der Waals surface area (Å²) in [4.78, 5) is 24.3. The summed E-state index contributed by atoms with van der Waals surface area (Å²) < 4.78 is 5.15. The first kappa shape index (κ1) is 16.3. The second-order valence-electron chi connectivity index (χ2n) is 5.58. The number of nitrogens with zero attached hydrogens (tertiary/aromatic N) is 1. The highest BCUT2D eigenvalue weighted by molar-refractivity contribution is 5.69. The Morgan fingerprint density at radius 3 is 2.82 bits per heavy atom. The van der Waals surface area contributed by atoms with Gasteiger partial charge in [0.2, 0.25) is 0 Å². The van der Waals surface area contributed by atoms with Crippen molar-refractivity contribution in [2.75, 3.05) is 26.2 Å². The standard InChI is InChI=1S/C16H22N2O4/c19-15(20)11-18-8-4-7-14(10-18)9-17-16(21)22-12-13-5-2-1-3-6-13/h1-3,5-6,14H,4,7-12H2,(H,17,21)(H,19,20)/t14-/m0/s1. The van der Waals surface area contributed by atoms with Crippen LogP contribution < -0.4 is 5.32 Å². The molecule has 6 heteroatoms. The molecule has 1 aliphatic heterocycles. The van der Waals surface area contributed by atoms with Crippen LogP contribution in [-0.4, -0.2) is 48.2 Å². The van der Waals surface area contributed by atoms with E-state index in [2.05, 4.69) is 5.32 Å². The molecular formula is C16H22N2O4. The monoisotopic (exact) mass is 306 g/mol. The predicted molar refractivity (Wildman–Crippen MR) is 81.4 cm³/mol. The summed E-state index contributed by atoms with van der Waals surface area (Å²) in [5.74, 6) is -0.534. The number of carboxylic acids is 1. The van der Waals surface area contributed by atoms with Crippen molar-refractivity contribution in [2.24, 2.45) is 5.92 Å². The average Bonchev–Trinajstić information content (AvgIpc) is 2.52. The molecule has 1 heterocycles. The third-order valence-corrected chi connectivity index (χ3v) is 3.71. The van der Waals surface area contributed by atoms with Gasteiger partial charge in [0.1, 0.15) is 6.61 Å². The zero-order valence-corrected chi connectivity index (χ0v) is 12.5. The number of piperidine rings is 1. The summed E-state index contributed by atoms with van der Waals surface area (Å²) in [5.41, 5.74) is 0.947. The van der Waals surface area contributed by atoms with Crippen molar-refractivity contribution in [2.45, 2.75) is 19.4 Å². The van der Waals surface area contributed by atoms with Crippen molar-refractivity contribution in [3.8, 4) is 0 Å². The number of carbonyl (C=O) groups is 2. The number of alkyl carbamates (subject to hydrolysis) is 1. The molecule has 0 aromatic heterocycles. The number of carboxylic acid groups (broad SMARTS) is 1.